The number of carboxylic acid groups (broad SMARTS) is 2. The van der Waals surface area contributed by atoms with E-state index in [0.717, 1.165) is 12.1 Å². The van der Waals surface area contributed by atoms with Crippen molar-refractivity contribution in [2.24, 2.45) is 0 Å². The smallest absolute Gasteiger partial charge is 0.348 e. The van der Waals surface area contributed by atoms with Crippen molar-refractivity contribution in [2.75, 3.05) is 13.2 Å². The second-order valence-corrected chi connectivity index (χ2v) is 5.69. The summed E-state index contributed by atoms with van der Waals surface area (Å²) < 4.78 is 45.6. The maximum atomic E-state index is 12.7. The number of aliphatic carboxylic acids is 2. The van der Waals surface area contributed by atoms with Gasteiger partial charge in [0.1, 0.15) is 24.8 Å². The fourth-order valence-electron chi connectivity index (χ4n) is 2.33. The molecule has 2 aliphatic rings. The summed E-state index contributed by atoms with van der Waals surface area (Å²) in [7, 11) is 0. The Balaban J connectivity index is 0.000000161. The normalized spacial score (nSPS) is 19.1. The van der Waals surface area contributed by atoms with Gasteiger partial charge in [-0.2, -0.15) is 0 Å². The fourth-order valence-corrected chi connectivity index (χ4v) is 2.33. The van der Waals surface area contributed by atoms with Gasteiger partial charge in [-0.1, -0.05) is 0 Å². The number of hydrogen-bond acceptors (Lipinski definition) is 6. The molecule has 0 saturated carbocycles. The summed E-state index contributed by atoms with van der Waals surface area (Å²) in [6.07, 6.45) is -2.09. The van der Waals surface area contributed by atoms with Crippen LogP contribution in [0.3, 0.4) is 0 Å². The summed E-state index contributed by atoms with van der Waals surface area (Å²) in [6, 6.07) is 7.43. The first kappa shape index (κ1) is 19.2. The Morgan fingerprint density at radius 2 is 1.21 bits per heavy atom. The van der Waals surface area contributed by atoms with E-state index in [4.69, 9.17) is 29.2 Å². The first-order valence-electron chi connectivity index (χ1n) is 7.97. The molecule has 0 amide bonds. The lowest BCUT2D eigenvalue weighted by molar-refractivity contribution is -0.148. The van der Waals surface area contributed by atoms with Crippen molar-refractivity contribution in [1.29, 1.82) is 0 Å². The number of benzene rings is 2. The minimum Gasteiger partial charge on any atom is -0.485 e. The number of carboxylic acids is 2. The Morgan fingerprint density at radius 1 is 0.750 bits per heavy atom. The molecule has 2 unspecified atom stereocenters. The summed E-state index contributed by atoms with van der Waals surface area (Å²) in [5.41, 5.74) is 0. The third kappa shape index (κ3) is 4.40. The zero-order chi connectivity index (χ0) is 20.3. The highest BCUT2D eigenvalue weighted by atomic mass is 19.1. The third-order valence-corrected chi connectivity index (χ3v) is 3.68. The maximum absolute atomic E-state index is 12.7. The van der Waals surface area contributed by atoms with Crippen molar-refractivity contribution in [3.05, 3.63) is 48.0 Å². The molecule has 2 heterocycles. The average molecular weight is 396 g/mol. The molecule has 0 spiro atoms. The number of fused-ring (bicyclic) bond motifs is 2. The van der Waals surface area contributed by atoms with Crippen LogP contribution < -0.4 is 18.9 Å². The lowest BCUT2D eigenvalue weighted by Crippen LogP contribution is -2.36. The van der Waals surface area contributed by atoms with E-state index in [1.807, 2.05) is 0 Å². The molecule has 0 fully saturated rings. The second kappa shape index (κ2) is 7.99. The summed E-state index contributed by atoms with van der Waals surface area (Å²) >= 11 is 0. The topological polar surface area (TPSA) is 112 Å². The van der Waals surface area contributed by atoms with Gasteiger partial charge in [0, 0.05) is 12.1 Å². The maximum Gasteiger partial charge on any atom is 0.348 e. The molecule has 148 valence electrons. The average Bonchev–Trinajstić information content (AvgIpc) is 2.67. The molecular formula is C18H14F2O8. The minimum atomic E-state index is -1.13. The van der Waals surface area contributed by atoms with Crippen LogP contribution in [0.25, 0.3) is 0 Å². The Labute approximate surface area is 156 Å². The first-order valence-corrected chi connectivity index (χ1v) is 7.97. The zero-order valence-corrected chi connectivity index (χ0v) is 14.1. The van der Waals surface area contributed by atoms with Gasteiger partial charge in [-0.3, -0.25) is 0 Å². The number of halogens is 2. The quantitative estimate of drug-likeness (QED) is 0.794. The Kier molecular flexibility index (Phi) is 5.48. The molecule has 2 aliphatic heterocycles. The highest BCUT2D eigenvalue weighted by Crippen LogP contribution is 2.33. The molecule has 0 aliphatic carbocycles. The molecule has 0 saturated heterocycles. The van der Waals surface area contributed by atoms with Crippen molar-refractivity contribution in [3.63, 3.8) is 0 Å². The van der Waals surface area contributed by atoms with Crippen LogP contribution in [0.15, 0.2) is 36.4 Å². The highest BCUT2D eigenvalue weighted by Gasteiger charge is 2.28. The Bertz CT molecular complexity index is 901. The molecule has 0 bridgehead atoms. The summed E-state index contributed by atoms with van der Waals surface area (Å²) in [5, 5.41) is 17.3. The molecule has 2 aromatic carbocycles. The van der Waals surface area contributed by atoms with Crippen LogP contribution in [0.5, 0.6) is 23.0 Å². The largest absolute Gasteiger partial charge is 0.485 e. The van der Waals surface area contributed by atoms with E-state index < -0.39 is 35.8 Å². The number of ether oxygens (including phenoxy) is 4. The zero-order valence-electron chi connectivity index (χ0n) is 14.1. The molecule has 8 nitrogen and oxygen atoms in total. The van der Waals surface area contributed by atoms with Crippen LogP contribution in [-0.2, 0) is 9.59 Å². The van der Waals surface area contributed by atoms with Crippen LogP contribution in [0, 0.1) is 11.6 Å². The fraction of sp³-hybridized carbons (Fsp3) is 0.222. The number of hydrogen-bond donors (Lipinski definition) is 2. The minimum absolute atomic E-state index is 0.0615. The molecule has 2 atom stereocenters. The van der Waals surface area contributed by atoms with E-state index in [1.165, 1.54) is 24.3 Å². The van der Waals surface area contributed by atoms with Gasteiger partial charge in [-0.25, -0.2) is 18.4 Å². The molecule has 10 heteroatoms. The molecule has 2 aromatic rings. The number of rotatable bonds is 2. The summed E-state index contributed by atoms with van der Waals surface area (Å²) in [5.74, 6) is -2.17. The van der Waals surface area contributed by atoms with E-state index in [9.17, 15) is 18.4 Å². The number of carbonyl (C=O) groups is 2. The monoisotopic (exact) mass is 396 g/mol. The van der Waals surface area contributed by atoms with Gasteiger partial charge >= 0.3 is 11.9 Å². The van der Waals surface area contributed by atoms with Gasteiger partial charge in [0.15, 0.2) is 23.0 Å². The van der Waals surface area contributed by atoms with Gasteiger partial charge in [0.25, 0.3) is 0 Å². The van der Waals surface area contributed by atoms with Crippen LogP contribution in [0.4, 0.5) is 8.78 Å². The van der Waals surface area contributed by atoms with Crippen LogP contribution in [-0.4, -0.2) is 47.6 Å². The molecule has 28 heavy (non-hydrogen) atoms. The van der Waals surface area contributed by atoms with E-state index in [0.29, 0.717) is 5.75 Å². The van der Waals surface area contributed by atoms with E-state index >= 15 is 0 Å². The molecule has 4 rings (SSSR count). The lowest BCUT2D eigenvalue weighted by atomic mass is 10.2. The van der Waals surface area contributed by atoms with Crippen molar-refractivity contribution in [1.82, 2.24) is 0 Å². The van der Waals surface area contributed by atoms with Crippen molar-refractivity contribution in [2.45, 2.75) is 12.2 Å². The molecule has 0 radical (unpaired) electrons. The van der Waals surface area contributed by atoms with E-state index in [-0.39, 0.29) is 30.5 Å². The van der Waals surface area contributed by atoms with Gasteiger partial charge in [0.2, 0.25) is 12.2 Å². The predicted octanol–water partition coefficient (Wildman–Crippen LogP) is 2.10. The third-order valence-electron chi connectivity index (χ3n) is 3.68. The predicted molar refractivity (Wildman–Crippen MR) is 87.9 cm³/mol. The van der Waals surface area contributed by atoms with Gasteiger partial charge < -0.3 is 29.2 Å². The standard InChI is InChI=1S/2C9H7FO4/c10-5-1-2-6-7(3-5)13-4-8(14-6)9(11)12;10-5-1-2-6-7(3-5)14-8(4-13-6)9(11)12/h2*1-3,8H,4H2,(H,11,12). The van der Waals surface area contributed by atoms with Crippen LogP contribution >= 0.6 is 0 Å². The summed E-state index contributed by atoms with van der Waals surface area (Å²) in [4.78, 5) is 21.1. The summed E-state index contributed by atoms with van der Waals surface area (Å²) in [6.45, 7) is -0.167. The molecule has 0 aromatic heterocycles. The SMILES string of the molecule is O=C(O)C1COc2cc(F)ccc2O1.O=C(O)C1COc2ccc(F)cc2O1. The van der Waals surface area contributed by atoms with Crippen LogP contribution in [0.1, 0.15) is 0 Å². The molecule has 2 N–H and O–H groups in total. The van der Waals surface area contributed by atoms with Gasteiger partial charge in [-0.05, 0) is 24.3 Å². The van der Waals surface area contributed by atoms with Gasteiger partial charge in [-0.15, -0.1) is 0 Å². The first-order chi connectivity index (χ1) is 13.3. The lowest BCUT2D eigenvalue weighted by Gasteiger charge is -2.23. The van der Waals surface area contributed by atoms with Crippen molar-refractivity contribution in [3.8, 4) is 23.0 Å². The van der Waals surface area contributed by atoms with E-state index in [1.54, 1.807) is 0 Å². The van der Waals surface area contributed by atoms with E-state index in [2.05, 4.69) is 0 Å². The highest BCUT2D eigenvalue weighted by molar-refractivity contribution is 5.74. The Hall–Kier alpha value is -3.56. The van der Waals surface area contributed by atoms with Crippen molar-refractivity contribution < 1.29 is 47.5 Å². The van der Waals surface area contributed by atoms with Crippen LogP contribution in [0.2, 0.25) is 0 Å². The second-order valence-electron chi connectivity index (χ2n) is 5.69. The van der Waals surface area contributed by atoms with Crippen molar-refractivity contribution >= 4 is 11.9 Å². The molecular weight excluding hydrogens is 382 g/mol. The Morgan fingerprint density at radius 3 is 1.79 bits per heavy atom. The van der Waals surface area contributed by atoms with Gasteiger partial charge in [0.05, 0.1) is 0 Å².